The number of hydrogen-bond acceptors (Lipinski definition) is 5. The Labute approximate surface area is 211 Å². The summed E-state index contributed by atoms with van der Waals surface area (Å²) in [6, 6.07) is 12.4. The summed E-state index contributed by atoms with van der Waals surface area (Å²) >= 11 is 0. The van der Waals surface area contributed by atoms with E-state index in [1.54, 1.807) is 7.11 Å². The molecule has 35 heavy (non-hydrogen) atoms. The molecule has 0 aliphatic carbocycles. The van der Waals surface area contributed by atoms with E-state index in [-0.39, 0.29) is 16.2 Å². The summed E-state index contributed by atoms with van der Waals surface area (Å²) in [5, 5.41) is 5.68. The van der Waals surface area contributed by atoms with Gasteiger partial charge in [0.25, 0.3) is 0 Å². The van der Waals surface area contributed by atoms with Gasteiger partial charge in [0, 0.05) is 53.2 Å². The Morgan fingerprint density at radius 3 is 2.69 bits per heavy atom. The molecule has 5 rings (SSSR count). The second kappa shape index (κ2) is 10.8. The van der Waals surface area contributed by atoms with Crippen molar-refractivity contribution in [3.63, 3.8) is 0 Å². The van der Waals surface area contributed by atoms with Crippen molar-refractivity contribution in [1.82, 2.24) is 10.2 Å². The van der Waals surface area contributed by atoms with Crippen molar-refractivity contribution < 1.29 is 14.3 Å². The quantitative estimate of drug-likeness (QED) is 0.453. The fourth-order valence-corrected chi connectivity index (χ4v) is 6.18. The first-order valence-electron chi connectivity index (χ1n) is 12.2. The molecule has 1 spiro atoms. The fraction of sp³-hybridized carbons (Fsp3) is 0.379. The Kier molecular flexibility index (Phi) is 7.82. The Bertz CT molecular complexity index is 1190. The number of rotatable bonds is 3. The van der Waals surface area contributed by atoms with Crippen LogP contribution in [0.2, 0.25) is 0 Å². The van der Waals surface area contributed by atoms with E-state index >= 15 is 0 Å². The maximum Gasteiger partial charge on any atom is 0.183 e. The lowest BCUT2D eigenvalue weighted by atomic mass is 9.95. The third-order valence-corrected chi connectivity index (χ3v) is 8.32. The van der Waals surface area contributed by atoms with Crippen LogP contribution >= 0.6 is 10.5 Å². The van der Waals surface area contributed by atoms with Crippen molar-refractivity contribution in [3.05, 3.63) is 64.7 Å². The van der Waals surface area contributed by atoms with E-state index in [0.717, 1.165) is 61.3 Å². The lowest BCUT2D eigenvalue weighted by molar-refractivity contribution is -0.104. The zero-order chi connectivity index (χ0) is 25.0. The van der Waals surface area contributed by atoms with Gasteiger partial charge >= 0.3 is 0 Å². The van der Waals surface area contributed by atoms with E-state index in [9.17, 15) is 4.79 Å². The van der Waals surface area contributed by atoms with Crippen LogP contribution in [0.1, 0.15) is 42.9 Å². The molecule has 2 aromatic rings. The minimum absolute atomic E-state index is 0.0115. The van der Waals surface area contributed by atoms with Crippen LogP contribution in [0, 0.1) is 6.92 Å². The first-order valence-corrected chi connectivity index (χ1v) is 13.9. The summed E-state index contributed by atoms with van der Waals surface area (Å²) in [6.07, 6.45) is 10.2. The van der Waals surface area contributed by atoms with Gasteiger partial charge in [-0.1, -0.05) is 30.7 Å². The third kappa shape index (κ3) is 5.54. The first kappa shape index (κ1) is 25.3. The number of fused-ring (bicyclic) bond motifs is 2. The standard InChI is InChI=1S/C17H24N2O.C12H12O2S/c1-4-5-15-14-12-13(2)6-7-16(14)20-17(18-15)8-10-19(3)11-9-17;1-14-11-4-3-5-12-10(11)6-9(7-13)8-15(12)2/h5-7,12,18H,4,8-11H2,1-3H3;3-8H,1-2H3/b15-5+;. The first-order chi connectivity index (χ1) is 16.9. The van der Waals surface area contributed by atoms with Crippen molar-refractivity contribution in [1.29, 1.82) is 0 Å². The summed E-state index contributed by atoms with van der Waals surface area (Å²) < 4.78 is 11.6. The highest BCUT2D eigenvalue weighted by Crippen LogP contribution is 2.39. The van der Waals surface area contributed by atoms with Crippen LogP contribution in [0.15, 0.2) is 52.9 Å². The molecule has 0 radical (unpaired) electrons. The summed E-state index contributed by atoms with van der Waals surface area (Å²) in [7, 11) is 3.81. The normalized spacial score (nSPS) is 21.2. The number of allylic oxidation sites excluding steroid dienone is 2. The van der Waals surface area contributed by atoms with E-state index in [4.69, 9.17) is 9.47 Å². The highest BCUT2D eigenvalue weighted by molar-refractivity contribution is 8.14. The van der Waals surface area contributed by atoms with Crippen molar-refractivity contribution in [2.45, 2.75) is 43.7 Å². The van der Waals surface area contributed by atoms with Gasteiger partial charge in [0.2, 0.25) is 0 Å². The van der Waals surface area contributed by atoms with E-state index in [1.807, 2.05) is 23.6 Å². The number of aryl methyl sites for hydroxylation is 1. The molecule has 6 heteroatoms. The number of carbonyl (C=O) groups excluding carboxylic acids is 1. The number of likely N-dealkylation sites (tertiary alicyclic amines) is 1. The molecule has 1 fully saturated rings. The maximum absolute atomic E-state index is 10.8. The second-order valence-corrected chi connectivity index (χ2v) is 11.2. The number of nitrogens with zero attached hydrogens (tertiary/aromatic N) is 1. The molecule has 1 unspecified atom stereocenters. The monoisotopic (exact) mass is 492 g/mol. The average Bonchev–Trinajstić information content (AvgIpc) is 2.86. The maximum atomic E-state index is 10.8. The molecule has 1 atom stereocenters. The van der Waals surface area contributed by atoms with Gasteiger partial charge in [-0.05, 0) is 62.4 Å². The Morgan fingerprint density at radius 1 is 1.23 bits per heavy atom. The molecule has 186 valence electrons. The molecule has 0 saturated carbocycles. The number of benzene rings is 2. The number of piperidine rings is 1. The molecule has 0 amide bonds. The molecule has 5 nitrogen and oxygen atoms in total. The van der Waals surface area contributed by atoms with Gasteiger partial charge < -0.3 is 19.7 Å². The van der Waals surface area contributed by atoms with Gasteiger partial charge in [-0.25, -0.2) is 0 Å². The summed E-state index contributed by atoms with van der Waals surface area (Å²) in [5.41, 5.74) is 5.28. The molecule has 2 aromatic carbocycles. The van der Waals surface area contributed by atoms with Crippen LogP contribution < -0.4 is 14.8 Å². The fourth-order valence-electron chi connectivity index (χ4n) is 4.72. The highest BCUT2D eigenvalue weighted by Gasteiger charge is 2.40. The smallest absolute Gasteiger partial charge is 0.183 e. The molecular formula is C29H36N2O3S. The Hall–Kier alpha value is -2.83. The molecule has 0 bridgehead atoms. The molecule has 1 N–H and O–H groups in total. The minimum atomic E-state index is -0.213. The second-order valence-electron chi connectivity index (χ2n) is 9.36. The van der Waals surface area contributed by atoms with Gasteiger partial charge in [0.15, 0.2) is 12.0 Å². The summed E-state index contributed by atoms with van der Waals surface area (Å²) in [4.78, 5) is 14.4. The van der Waals surface area contributed by atoms with Gasteiger partial charge in [0.05, 0.1) is 7.11 Å². The van der Waals surface area contributed by atoms with E-state index < -0.39 is 0 Å². The summed E-state index contributed by atoms with van der Waals surface area (Å²) in [6.45, 7) is 6.46. The topological polar surface area (TPSA) is 50.8 Å². The lowest BCUT2D eigenvalue weighted by Crippen LogP contribution is -2.57. The summed E-state index contributed by atoms with van der Waals surface area (Å²) in [5.74, 6) is 1.86. The largest absolute Gasteiger partial charge is 0.496 e. The lowest BCUT2D eigenvalue weighted by Gasteiger charge is -2.45. The Balaban J connectivity index is 0.000000172. The minimum Gasteiger partial charge on any atom is -0.496 e. The van der Waals surface area contributed by atoms with Crippen molar-refractivity contribution in [3.8, 4) is 11.5 Å². The molecule has 1 saturated heterocycles. The molecule has 3 heterocycles. The van der Waals surface area contributed by atoms with Crippen molar-refractivity contribution >= 4 is 33.9 Å². The van der Waals surface area contributed by atoms with Crippen LogP contribution in [0.25, 0.3) is 11.8 Å². The number of methoxy groups -OCH3 is 1. The number of aldehydes is 1. The number of ether oxygens (including phenoxy) is 2. The average molecular weight is 493 g/mol. The number of nitrogens with one attached hydrogen (secondary N) is 1. The molecule has 3 aliphatic rings. The molecule has 3 aliphatic heterocycles. The Morgan fingerprint density at radius 2 is 2.00 bits per heavy atom. The van der Waals surface area contributed by atoms with E-state index in [1.165, 1.54) is 21.7 Å². The van der Waals surface area contributed by atoms with Crippen LogP contribution in [0.4, 0.5) is 0 Å². The van der Waals surface area contributed by atoms with E-state index in [0.29, 0.717) is 0 Å². The van der Waals surface area contributed by atoms with E-state index in [2.05, 4.69) is 67.7 Å². The van der Waals surface area contributed by atoms with Gasteiger partial charge in [-0.15, -0.1) is 0 Å². The van der Waals surface area contributed by atoms with Gasteiger partial charge in [-0.3, -0.25) is 4.79 Å². The zero-order valence-electron chi connectivity index (χ0n) is 21.4. The van der Waals surface area contributed by atoms with Crippen LogP contribution in [0.5, 0.6) is 11.5 Å². The predicted octanol–water partition coefficient (Wildman–Crippen LogP) is 5.50. The van der Waals surface area contributed by atoms with Crippen LogP contribution in [-0.2, 0) is 4.79 Å². The molecular weight excluding hydrogens is 456 g/mol. The molecule has 0 aromatic heterocycles. The number of hydrogen-bond donors (Lipinski definition) is 1. The highest BCUT2D eigenvalue weighted by atomic mass is 32.2. The van der Waals surface area contributed by atoms with Gasteiger partial charge in [0.1, 0.15) is 11.5 Å². The predicted molar refractivity (Wildman–Crippen MR) is 148 cm³/mol. The SMILES string of the molecule is CC/C=C1/NC2(CCN(C)CC2)Oc2ccc(C)cc21.COc1cccc2c1C=C(C=O)C=S2C. The van der Waals surface area contributed by atoms with Crippen LogP contribution in [0.3, 0.4) is 0 Å². The van der Waals surface area contributed by atoms with Crippen LogP contribution in [-0.4, -0.2) is 55.8 Å². The number of carbonyl (C=O) groups is 1. The van der Waals surface area contributed by atoms with Gasteiger partial charge in [-0.2, -0.15) is 10.5 Å². The van der Waals surface area contributed by atoms with Crippen molar-refractivity contribution in [2.24, 2.45) is 0 Å². The third-order valence-electron chi connectivity index (χ3n) is 6.65. The zero-order valence-corrected chi connectivity index (χ0v) is 22.2. The van der Waals surface area contributed by atoms with Crippen molar-refractivity contribution in [2.75, 3.05) is 33.5 Å².